The molecule has 1 aliphatic heterocycles. The van der Waals surface area contributed by atoms with Gasteiger partial charge in [0.1, 0.15) is 5.75 Å². The highest BCUT2D eigenvalue weighted by Gasteiger charge is 2.22. The minimum absolute atomic E-state index is 0. The number of benzene rings is 1. The number of rotatable bonds is 0. The van der Waals surface area contributed by atoms with Crippen LogP contribution in [0.3, 0.4) is 0 Å². The molecule has 1 aromatic rings. The SMILES string of the molecule is Cl.N[C@@H]1CCOc2c(Br)ccc(Br)c21. The fraction of sp³-hybridized carbons (Fsp3) is 0.333. The van der Waals surface area contributed by atoms with Gasteiger partial charge in [0.25, 0.3) is 0 Å². The molecule has 5 heteroatoms. The average Bonchev–Trinajstić information content (AvgIpc) is 2.12. The van der Waals surface area contributed by atoms with Gasteiger partial charge in [0.2, 0.25) is 0 Å². The summed E-state index contributed by atoms with van der Waals surface area (Å²) in [6, 6.07) is 4.02. The van der Waals surface area contributed by atoms with E-state index in [4.69, 9.17) is 10.5 Å². The van der Waals surface area contributed by atoms with E-state index in [2.05, 4.69) is 31.9 Å². The Hall–Kier alpha value is 0.230. The van der Waals surface area contributed by atoms with Crippen molar-refractivity contribution in [1.29, 1.82) is 0 Å². The summed E-state index contributed by atoms with van der Waals surface area (Å²) >= 11 is 6.92. The van der Waals surface area contributed by atoms with Crippen molar-refractivity contribution in [2.24, 2.45) is 5.73 Å². The van der Waals surface area contributed by atoms with Crippen LogP contribution in [0, 0.1) is 0 Å². The highest BCUT2D eigenvalue weighted by atomic mass is 79.9. The summed E-state index contributed by atoms with van der Waals surface area (Å²) in [6.07, 6.45) is 0.877. The summed E-state index contributed by atoms with van der Waals surface area (Å²) in [6.45, 7) is 0.698. The third-order valence-corrected chi connectivity index (χ3v) is 3.46. The van der Waals surface area contributed by atoms with Crippen molar-refractivity contribution >= 4 is 44.3 Å². The van der Waals surface area contributed by atoms with E-state index in [-0.39, 0.29) is 18.4 Å². The molecule has 0 fully saturated rings. The molecular weight excluding hydrogens is 333 g/mol. The molecule has 0 aliphatic carbocycles. The molecule has 0 spiro atoms. The molecule has 0 saturated carbocycles. The summed E-state index contributed by atoms with van der Waals surface area (Å²) in [5.41, 5.74) is 7.06. The van der Waals surface area contributed by atoms with Crippen LogP contribution in [0.1, 0.15) is 18.0 Å². The molecule has 1 aliphatic rings. The molecule has 0 radical (unpaired) electrons. The lowest BCUT2D eigenvalue weighted by Gasteiger charge is -2.24. The van der Waals surface area contributed by atoms with Crippen molar-refractivity contribution in [2.75, 3.05) is 6.61 Å². The first-order valence-corrected chi connectivity index (χ1v) is 5.65. The van der Waals surface area contributed by atoms with Crippen LogP contribution >= 0.6 is 44.3 Å². The Labute approximate surface area is 106 Å². The highest BCUT2D eigenvalue weighted by Crippen LogP contribution is 2.41. The second-order valence-electron chi connectivity index (χ2n) is 3.02. The van der Waals surface area contributed by atoms with E-state index >= 15 is 0 Å². The number of halogens is 3. The number of fused-ring (bicyclic) bond motifs is 1. The van der Waals surface area contributed by atoms with Crippen LogP contribution in [-0.2, 0) is 0 Å². The van der Waals surface area contributed by atoms with Crippen molar-refractivity contribution in [2.45, 2.75) is 12.5 Å². The lowest BCUT2D eigenvalue weighted by atomic mass is 10.0. The molecule has 0 unspecified atom stereocenters. The second kappa shape index (κ2) is 4.84. The van der Waals surface area contributed by atoms with Crippen molar-refractivity contribution in [1.82, 2.24) is 0 Å². The first-order chi connectivity index (χ1) is 6.20. The molecule has 0 bridgehead atoms. The monoisotopic (exact) mass is 341 g/mol. The van der Waals surface area contributed by atoms with Crippen LogP contribution < -0.4 is 10.5 Å². The van der Waals surface area contributed by atoms with Crippen LogP contribution in [0.5, 0.6) is 5.75 Å². The zero-order valence-corrected chi connectivity index (χ0v) is 11.3. The Balaban J connectivity index is 0.000000980. The zero-order valence-electron chi connectivity index (χ0n) is 7.30. The van der Waals surface area contributed by atoms with Crippen LogP contribution in [0.15, 0.2) is 21.1 Å². The maximum atomic E-state index is 5.99. The fourth-order valence-electron chi connectivity index (χ4n) is 1.47. The van der Waals surface area contributed by atoms with E-state index in [9.17, 15) is 0 Å². The van der Waals surface area contributed by atoms with Gasteiger partial charge in [-0.2, -0.15) is 0 Å². The van der Waals surface area contributed by atoms with E-state index in [1.54, 1.807) is 0 Å². The zero-order chi connectivity index (χ0) is 9.42. The summed E-state index contributed by atoms with van der Waals surface area (Å²) in [5, 5.41) is 0. The van der Waals surface area contributed by atoms with Crippen molar-refractivity contribution in [3.05, 3.63) is 26.6 Å². The minimum Gasteiger partial charge on any atom is -0.492 e. The van der Waals surface area contributed by atoms with Gasteiger partial charge in [-0.25, -0.2) is 0 Å². The number of ether oxygens (including phenoxy) is 1. The summed E-state index contributed by atoms with van der Waals surface area (Å²) in [7, 11) is 0. The first-order valence-electron chi connectivity index (χ1n) is 4.06. The molecule has 2 N–H and O–H groups in total. The summed E-state index contributed by atoms with van der Waals surface area (Å²) in [5.74, 6) is 0.883. The summed E-state index contributed by atoms with van der Waals surface area (Å²) < 4.78 is 7.55. The minimum atomic E-state index is 0. The fourth-order valence-corrected chi connectivity index (χ4v) is 2.54. The van der Waals surface area contributed by atoms with E-state index in [1.165, 1.54) is 0 Å². The molecule has 1 atom stereocenters. The Kier molecular flexibility index (Phi) is 4.25. The lowest BCUT2D eigenvalue weighted by Crippen LogP contribution is -2.21. The van der Waals surface area contributed by atoms with Gasteiger partial charge in [-0.15, -0.1) is 12.4 Å². The van der Waals surface area contributed by atoms with Gasteiger partial charge < -0.3 is 10.5 Å². The van der Waals surface area contributed by atoms with Crippen LogP contribution in [-0.4, -0.2) is 6.61 Å². The third kappa shape index (κ3) is 2.08. The molecule has 0 saturated heterocycles. The molecule has 2 nitrogen and oxygen atoms in total. The third-order valence-electron chi connectivity index (χ3n) is 2.14. The van der Waals surface area contributed by atoms with E-state index < -0.39 is 0 Å². The highest BCUT2D eigenvalue weighted by molar-refractivity contribution is 9.11. The number of hydrogen-bond acceptors (Lipinski definition) is 2. The Morgan fingerprint density at radius 1 is 1.29 bits per heavy atom. The second-order valence-corrected chi connectivity index (χ2v) is 4.72. The predicted octanol–water partition coefficient (Wildman–Crippen LogP) is 3.42. The smallest absolute Gasteiger partial charge is 0.139 e. The molecule has 1 heterocycles. The van der Waals surface area contributed by atoms with Gasteiger partial charge in [-0.05, 0) is 28.1 Å². The van der Waals surface area contributed by atoms with E-state index in [1.807, 2.05) is 12.1 Å². The van der Waals surface area contributed by atoms with Gasteiger partial charge in [0, 0.05) is 22.5 Å². The standard InChI is InChI=1S/C9H9Br2NO.ClH/c10-5-1-2-6(11)9-8(5)7(12)3-4-13-9;/h1-2,7H,3-4,12H2;1H/t7-;/m1./s1. The Bertz CT molecular complexity index is 346. The average molecular weight is 343 g/mol. The van der Waals surface area contributed by atoms with Crippen molar-refractivity contribution in [3.63, 3.8) is 0 Å². The van der Waals surface area contributed by atoms with Crippen molar-refractivity contribution in [3.8, 4) is 5.75 Å². The Morgan fingerprint density at radius 3 is 2.57 bits per heavy atom. The van der Waals surface area contributed by atoms with Crippen LogP contribution in [0.2, 0.25) is 0 Å². The van der Waals surface area contributed by atoms with Crippen molar-refractivity contribution < 1.29 is 4.74 Å². The summed E-state index contributed by atoms with van der Waals surface area (Å²) in [4.78, 5) is 0. The van der Waals surface area contributed by atoms with Crippen LogP contribution in [0.4, 0.5) is 0 Å². The maximum Gasteiger partial charge on any atom is 0.139 e. The van der Waals surface area contributed by atoms with Gasteiger partial charge in [-0.1, -0.05) is 15.9 Å². The largest absolute Gasteiger partial charge is 0.492 e. The van der Waals surface area contributed by atoms with Crippen LogP contribution in [0.25, 0.3) is 0 Å². The number of hydrogen-bond donors (Lipinski definition) is 1. The topological polar surface area (TPSA) is 35.2 Å². The molecule has 0 aromatic heterocycles. The molecule has 2 rings (SSSR count). The molecule has 14 heavy (non-hydrogen) atoms. The predicted molar refractivity (Wildman–Crippen MR) is 66.1 cm³/mol. The van der Waals surface area contributed by atoms with Gasteiger partial charge in [0.05, 0.1) is 11.1 Å². The first kappa shape index (κ1) is 12.3. The maximum absolute atomic E-state index is 5.99. The van der Waals surface area contributed by atoms with Gasteiger partial charge in [-0.3, -0.25) is 0 Å². The van der Waals surface area contributed by atoms with Gasteiger partial charge in [0.15, 0.2) is 0 Å². The van der Waals surface area contributed by atoms with E-state index in [0.29, 0.717) is 6.61 Å². The molecule has 0 amide bonds. The lowest BCUT2D eigenvalue weighted by molar-refractivity contribution is 0.266. The number of nitrogens with two attached hydrogens (primary N) is 1. The molecular formula is C9H10Br2ClNO. The molecule has 78 valence electrons. The molecule has 1 aromatic carbocycles. The quantitative estimate of drug-likeness (QED) is 0.783. The van der Waals surface area contributed by atoms with E-state index in [0.717, 1.165) is 26.7 Å². The Morgan fingerprint density at radius 2 is 1.93 bits per heavy atom. The van der Waals surface area contributed by atoms with Gasteiger partial charge >= 0.3 is 0 Å². The normalized spacial score (nSPS) is 19.2.